The lowest BCUT2D eigenvalue weighted by atomic mass is 10.0. The molecule has 5 fully saturated rings. The van der Waals surface area contributed by atoms with E-state index < -0.39 is 95.7 Å². The fourth-order valence-corrected chi connectivity index (χ4v) is 21.2. The van der Waals surface area contributed by atoms with Crippen LogP contribution in [0.4, 0.5) is 28.6 Å². The summed E-state index contributed by atoms with van der Waals surface area (Å²) in [6.45, 7) is 19.9. The van der Waals surface area contributed by atoms with Gasteiger partial charge in [0, 0.05) is 44.2 Å². The molecule has 15 heterocycles. The quantitative estimate of drug-likeness (QED) is 0.0172. The molecule has 10 aromatic heterocycles. The number of aromatic nitrogens is 16. The van der Waals surface area contributed by atoms with E-state index in [0.717, 1.165) is 56.5 Å². The van der Waals surface area contributed by atoms with Crippen molar-refractivity contribution in [2.24, 2.45) is 5.92 Å². The normalized spacial score (nSPS) is 28.1. The largest absolute Gasteiger partial charge is 0.397 e. The van der Waals surface area contributed by atoms with Crippen molar-refractivity contribution in [3.05, 3.63) is 86.5 Å². The van der Waals surface area contributed by atoms with Crippen LogP contribution >= 0.6 is 73.0 Å². The minimum absolute atomic E-state index is 0.0353. The standard InChI is InChI=1S/C16H26N5O3P.C16H25N4O3P.C16H25N4O2P.C15H22BrN4O2P.C15H22IN4O2P/c1-5-10-19-14(17)11-15(20-10)21(8-18-11)16-13(23)12(22)9(24-16)6-7-25(2,3)4;1-22-14-13(21)11(6-8-24(2,3)4)23-16(14)20-9-19-12-10(17)5-7-18-15(12)20;1-10-14(21)12(6-8-23(2,3)4)22-16(10)20-9-19-13-11(17)5-7-18-15(13)20;2*1-23(2,3)7-5-10-13(21)11(16)15(22-10)20-8-19-12-9(17)4-6-18-14(12)20/h8-9,12-13,16,22-23H,2,5-7H2,1,3-4H3,(H2,17,19,20);5,7,9,11,13-14,16,21H,2,6,8H2,1,3-4H3,(H2,17,18);5,7,9-10,12,14,16,21H,2,6,8H2,1,3-4H3,(H2,17,18);2*4,6,8,10-11,13,15,21H,1,5,7H2,2-3H3,(H2,17,18)/t9-,12-,13-,16-;11-,13-,14-,16-;10-,12-,14+,16-;2*10-,11-,13-,15-/m11111/s1. The summed E-state index contributed by atoms with van der Waals surface area (Å²) in [4.78, 5) is 47.4. The van der Waals surface area contributed by atoms with E-state index in [9.17, 15) is 30.6 Å². The summed E-state index contributed by atoms with van der Waals surface area (Å²) in [5.74, 6) is 0.862. The third-order valence-electron chi connectivity index (χ3n) is 21.4. The van der Waals surface area contributed by atoms with E-state index in [2.05, 4.69) is 191 Å². The van der Waals surface area contributed by atoms with E-state index in [0.29, 0.717) is 103 Å². The van der Waals surface area contributed by atoms with Crippen molar-refractivity contribution in [3.63, 3.8) is 0 Å². The lowest BCUT2D eigenvalue weighted by Gasteiger charge is -2.20. The molecule has 0 aliphatic carbocycles. The number of nitrogens with two attached hydrogens (primary N) is 5. The number of aliphatic hydroxyl groups is 6. The van der Waals surface area contributed by atoms with Gasteiger partial charge in [0.05, 0.1) is 112 Å². The number of alkyl halides is 2. The Balaban J connectivity index is 0.000000145. The van der Waals surface area contributed by atoms with Crippen molar-refractivity contribution in [2.75, 3.05) is 133 Å². The van der Waals surface area contributed by atoms with E-state index in [1.807, 2.05) is 27.5 Å². The minimum Gasteiger partial charge on any atom is -0.397 e. The Morgan fingerprint density at radius 1 is 0.407 bits per heavy atom. The Hall–Kier alpha value is -5.74. The molecule has 0 radical (unpaired) electrons. The van der Waals surface area contributed by atoms with Crippen molar-refractivity contribution < 1.29 is 59.1 Å². The first kappa shape index (κ1) is 93.0. The molecule has 0 unspecified atom stereocenters. The molecule has 0 amide bonds. The maximum Gasteiger partial charge on any atom is 0.167 e. The molecule has 0 bridgehead atoms. The molecule has 16 N–H and O–H groups in total. The molecule has 33 nitrogen and oxygen atoms in total. The number of imidazole rings is 5. The number of nitrogens with zero attached hydrogens (tertiary/aromatic N) is 16. The van der Waals surface area contributed by atoms with Gasteiger partial charge in [0.25, 0.3) is 0 Å². The van der Waals surface area contributed by atoms with Crippen LogP contribution in [0.2, 0.25) is 0 Å². The smallest absolute Gasteiger partial charge is 0.167 e. The van der Waals surface area contributed by atoms with Gasteiger partial charge < -0.3 is 87.7 Å². The number of pyridine rings is 4. The summed E-state index contributed by atoms with van der Waals surface area (Å²) in [6, 6.07) is 6.89. The van der Waals surface area contributed by atoms with Gasteiger partial charge in [0.1, 0.15) is 64.1 Å². The summed E-state index contributed by atoms with van der Waals surface area (Å²) in [7, 11) is 1.58. The number of anilines is 5. The first-order chi connectivity index (χ1) is 55.4. The molecule has 118 heavy (non-hydrogen) atoms. The molecule has 0 saturated carbocycles. The summed E-state index contributed by atoms with van der Waals surface area (Å²) in [5, 5.41) is 63.0. The first-order valence-electron chi connectivity index (χ1n) is 39.2. The van der Waals surface area contributed by atoms with Gasteiger partial charge in [-0.15, -0.1) is 65.9 Å². The van der Waals surface area contributed by atoms with Crippen LogP contribution in [-0.2, 0) is 34.8 Å². The highest BCUT2D eigenvalue weighted by molar-refractivity contribution is 14.1. The highest BCUT2D eigenvalue weighted by atomic mass is 127. The first-order valence-corrected chi connectivity index (χ1v) is 56.6. The number of rotatable bonds is 22. The van der Waals surface area contributed by atoms with Crippen LogP contribution in [0.1, 0.15) is 82.9 Å². The zero-order valence-corrected chi connectivity index (χ0v) is 77.7. The number of ether oxygens (including phenoxy) is 6. The second kappa shape index (κ2) is 38.2. The number of aryl methyl sites for hydroxylation is 1. The topological polar surface area (TPSA) is 473 Å². The SMILES string of the molecule is C=P(C)(C)CC[C@H]1O[C@@H](n2cnc3c(N)ccnc32)[C@H](Br)[C@@H]1O.C=P(C)(C)CC[C@H]1O[C@@H](n2cnc3c(N)ccnc32)[C@H](C)[C@@H]1O.C=P(C)(C)CC[C@H]1O[C@@H](n2cnc3c(N)ccnc32)[C@H](I)[C@@H]1O.C=P(C)(C)CC[C@H]1O[C@@H](n2cnc3c(N)ccnc32)[C@H](OC)[C@@H]1O.C=P(C)(C)CC[C@H]1O[C@@H](n2cnc3c(N)nc(CC)nc32)[C@H](O)[C@@H]1O. The maximum atomic E-state index is 10.6. The maximum absolute atomic E-state index is 10.6. The number of aliphatic hydroxyl groups excluding tert-OH is 6. The van der Waals surface area contributed by atoms with Crippen LogP contribution in [0, 0.1) is 5.92 Å². The Kier molecular flexibility index (Phi) is 30.1. The zero-order valence-electron chi connectivity index (χ0n) is 69.5. The molecule has 5 aliphatic heterocycles. The molecule has 40 heteroatoms. The second-order valence-corrected chi connectivity index (χ2v) is 58.6. The fourth-order valence-electron chi connectivity index (χ4n) is 14.7. The Labute approximate surface area is 711 Å². The van der Waals surface area contributed by atoms with Gasteiger partial charge in [-0.3, -0.25) is 22.8 Å². The molecule has 10 aromatic rings. The van der Waals surface area contributed by atoms with Crippen LogP contribution in [0.3, 0.4) is 0 Å². The van der Waals surface area contributed by atoms with Gasteiger partial charge in [-0.1, -0.05) is 52.4 Å². The molecular weight excluding hydrogens is 1780 g/mol. The van der Waals surface area contributed by atoms with Gasteiger partial charge >= 0.3 is 0 Å². The summed E-state index contributed by atoms with van der Waals surface area (Å²) in [6.07, 6.45) is 37.0. The van der Waals surface area contributed by atoms with Crippen molar-refractivity contribution >= 4 is 189 Å². The Bertz CT molecular complexity index is 5070. The summed E-state index contributed by atoms with van der Waals surface area (Å²) in [5.41, 5.74) is 38.3. The minimum atomic E-state index is -1.23. The molecule has 15 rings (SSSR count). The van der Waals surface area contributed by atoms with Gasteiger partial charge in [0.2, 0.25) is 0 Å². The zero-order chi connectivity index (χ0) is 86.2. The van der Waals surface area contributed by atoms with Gasteiger partial charge in [0.15, 0.2) is 59.0 Å². The lowest BCUT2D eigenvalue weighted by molar-refractivity contribution is -0.0496. The second-order valence-electron chi connectivity index (χ2n) is 34.6. The molecule has 5 aliphatic rings. The number of fused-ring (bicyclic) bond motifs is 5. The molecule has 20 atom stereocenters. The van der Waals surface area contributed by atoms with Gasteiger partial charge in [-0.2, -0.15) is 0 Å². The molecule has 0 spiro atoms. The molecular formula is C78H120BrIN21O12P5. The van der Waals surface area contributed by atoms with Crippen molar-refractivity contribution in [2.45, 2.75) is 166 Å². The average molecular weight is 1910 g/mol. The van der Waals surface area contributed by atoms with E-state index in [1.54, 1.807) is 90.6 Å². The number of hydrogen-bond acceptors (Lipinski definition) is 28. The van der Waals surface area contributed by atoms with Gasteiger partial charge in [-0.05, 0) is 154 Å². The molecule has 0 aromatic carbocycles. The van der Waals surface area contributed by atoms with Crippen LogP contribution in [0.25, 0.3) is 55.8 Å². The van der Waals surface area contributed by atoms with E-state index in [1.165, 1.54) is 6.33 Å². The molecule has 5 saturated heterocycles. The summed E-state index contributed by atoms with van der Waals surface area (Å²) < 4.78 is 44.9. The molecule has 648 valence electrons. The predicted molar refractivity (Wildman–Crippen MR) is 500 cm³/mol. The lowest BCUT2D eigenvalue weighted by Crippen LogP contribution is -2.33. The Morgan fingerprint density at radius 2 is 0.720 bits per heavy atom. The van der Waals surface area contributed by atoms with Crippen LogP contribution in [0.5, 0.6) is 0 Å². The van der Waals surface area contributed by atoms with Crippen molar-refractivity contribution in [1.82, 2.24) is 77.7 Å². The van der Waals surface area contributed by atoms with E-state index in [4.69, 9.17) is 57.1 Å². The van der Waals surface area contributed by atoms with Gasteiger partial charge in [-0.25, -0.2) is 54.8 Å². The van der Waals surface area contributed by atoms with Crippen LogP contribution in [-0.4, -0.2) is 326 Å². The number of halogens is 2. The average Bonchev–Trinajstić information content (AvgIpc) is 1.64. The highest BCUT2D eigenvalue weighted by Crippen LogP contribution is 2.48. The van der Waals surface area contributed by atoms with Crippen molar-refractivity contribution in [1.29, 1.82) is 0 Å². The summed E-state index contributed by atoms with van der Waals surface area (Å²) >= 11 is 5.82. The van der Waals surface area contributed by atoms with Crippen LogP contribution < -0.4 is 28.7 Å². The fraction of sp³-hybridized carbons (Fsp3) is 0.564. The Morgan fingerprint density at radius 3 is 1.12 bits per heavy atom. The third-order valence-corrected chi connectivity index (χ3v) is 31.1. The van der Waals surface area contributed by atoms with Crippen LogP contribution in [0.15, 0.2) is 80.7 Å². The highest BCUT2D eigenvalue weighted by Gasteiger charge is 2.49. The monoisotopic (exact) mass is 1900 g/mol. The number of methoxy groups -OCH3 is 1. The predicted octanol–water partition coefficient (Wildman–Crippen LogP) is 8.39. The number of nitrogen functional groups attached to an aromatic ring is 5. The van der Waals surface area contributed by atoms with Crippen molar-refractivity contribution in [3.8, 4) is 0 Å². The number of hydrogen-bond donors (Lipinski definition) is 11. The third kappa shape index (κ3) is 21.9. The van der Waals surface area contributed by atoms with E-state index >= 15 is 0 Å². The van der Waals surface area contributed by atoms with E-state index in [-0.39, 0.29) is 57.8 Å².